The van der Waals surface area contributed by atoms with Gasteiger partial charge in [-0.15, -0.1) is 24.0 Å². The average molecular weight is 552 g/mol. The Labute approximate surface area is 194 Å². The van der Waals surface area contributed by atoms with E-state index in [0.717, 1.165) is 23.3 Å². The van der Waals surface area contributed by atoms with E-state index >= 15 is 0 Å². The first-order valence-corrected chi connectivity index (χ1v) is 11.6. The smallest absolute Gasteiger partial charge is 0.191 e. The van der Waals surface area contributed by atoms with Crippen LogP contribution in [-0.4, -0.2) is 38.9 Å². The molecule has 2 aromatic rings. The minimum atomic E-state index is -3.23. The molecule has 0 aliphatic heterocycles. The van der Waals surface area contributed by atoms with Crippen LogP contribution >= 0.6 is 24.0 Å². The second-order valence-electron chi connectivity index (χ2n) is 7.20. The number of hydrogen-bond acceptors (Lipinski definition) is 5. The molecule has 2 rings (SSSR count). The summed E-state index contributed by atoms with van der Waals surface area (Å²) in [5.41, 5.74) is 3.03. The maximum Gasteiger partial charge on any atom is 0.191 e. The molecule has 0 spiro atoms. The SMILES string of the molecule is CCNC(=NCc1cc(F)ccc1CS(C)(=O)=O)NCC(C)c1c(C)noc1C.I. The van der Waals surface area contributed by atoms with E-state index in [1.165, 1.54) is 18.2 Å². The van der Waals surface area contributed by atoms with Crippen LogP contribution in [0.3, 0.4) is 0 Å². The molecule has 30 heavy (non-hydrogen) atoms. The van der Waals surface area contributed by atoms with Crippen LogP contribution in [-0.2, 0) is 22.1 Å². The fourth-order valence-corrected chi connectivity index (χ4v) is 4.06. The van der Waals surface area contributed by atoms with Crippen LogP contribution in [0.2, 0.25) is 0 Å². The summed E-state index contributed by atoms with van der Waals surface area (Å²) in [6.07, 6.45) is 1.16. The molecule has 168 valence electrons. The molecule has 10 heteroatoms. The van der Waals surface area contributed by atoms with Crippen LogP contribution < -0.4 is 10.6 Å². The first-order chi connectivity index (χ1) is 13.6. The van der Waals surface area contributed by atoms with E-state index in [9.17, 15) is 12.8 Å². The zero-order valence-electron chi connectivity index (χ0n) is 18.0. The summed E-state index contributed by atoms with van der Waals surface area (Å²) in [7, 11) is -3.23. The number of benzene rings is 1. The van der Waals surface area contributed by atoms with Crippen LogP contribution in [0.15, 0.2) is 27.7 Å². The lowest BCUT2D eigenvalue weighted by atomic mass is 10.00. The van der Waals surface area contributed by atoms with E-state index in [0.29, 0.717) is 30.2 Å². The lowest BCUT2D eigenvalue weighted by Crippen LogP contribution is -2.39. The van der Waals surface area contributed by atoms with Gasteiger partial charge in [0.1, 0.15) is 11.6 Å². The number of nitrogens with zero attached hydrogens (tertiary/aromatic N) is 2. The lowest BCUT2D eigenvalue weighted by Gasteiger charge is -2.16. The fourth-order valence-electron chi connectivity index (χ4n) is 3.22. The van der Waals surface area contributed by atoms with Gasteiger partial charge in [-0.1, -0.05) is 18.1 Å². The molecule has 0 radical (unpaired) electrons. The Balaban J connectivity index is 0.00000450. The molecular formula is C20H30FIN4O3S. The van der Waals surface area contributed by atoms with Crippen molar-refractivity contribution in [2.45, 2.75) is 45.9 Å². The summed E-state index contributed by atoms with van der Waals surface area (Å²) in [6, 6.07) is 4.10. The molecule has 1 unspecified atom stereocenters. The molecule has 0 saturated carbocycles. The summed E-state index contributed by atoms with van der Waals surface area (Å²) in [5, 5.41) is 10.4. The summed E-state index contributed by atoms with van der Waals surface area (Å²) < 4.78 is 42.2. The zero-order chi connectivity index (χ0) is 21.6. The molecular weight excluding hydrogens is 522 g/mol. The van der Waals surface area contributed by atoms with E-state index in [1.807, 2.05) is 20.8 Å². The number of aliphatic imine (C=N–C) groups is 1. The van der Waals surface area contributed by atoms with Crippen molar-refractivity contribution in [1.29, 1.82) is 0 Å². The van der Waals surface area contributed by atoms with E-state index in [-0.39, 0.29) is 42.2 Å². The Morgan fingerprint density at radius 1 is 1.27 bits per heavy atom. The van der Waals surface area contributed by atoms with Crippen molar-refractivity contribution in [3.05, 3.63) is 52.2 Å². The van der Waals surface area contributed by atoms with Crippen LogP contribution in [0, 0.1) is 19.7 Å². The van der Waals surface area contributed by atoms with E-state index in [4.69, 9.17) is 4.52 Å². The van der Waals surface area contributed by atoms with E-state index < -0.39 is 15.7 Å². The van der Waals surface area contributed by atoms with Crippen molar-refractivity contribution in [3.63, 3.8) is 0 Å². The van der Waals surface area contributed by atoms with Crippen molar-refractivity contribution in [1.82, 2.24) is 15.8 Å². The molecule has 0 fully saturated rings. The highest BCUT2D eigenvalue weighted by atomic mass is 127. The molecule has 1 heterocycles. The maximum atomic E-state index is 13.7. The number of hydrogen-bond donors (Lipinski definition) is 2. The summed E-state index contributed by atoms with van der Waals surface area (Å²) in [6.45, 7) is 9.25. The van der Waals surface area contributed by atoms with Gasteiger partial charge >= 0.3 is 0 Å². The van der Waals surface area contributed by atoms with Crippen molar-refractivity contribution < 1.29 is 17.3 Å². The number of aryl methyl sites for hydroxylation is 2. The standard InChI is InChI=1S/C20H29FN4O3S.HI/c1-6-22-20(23-10-13(2)19-14(3)25-28-15(19)4)24-11-17-9-18(21)8-7-16(17)12-29(5,26)27;/h7-9,13H,6,10-12H2,1-5H3,(H2,22,23,24);1H. The number of rotatable bonds is 8. The lowest BCUT2D eigenvalue weighted by molar-refractivity contribution is 0.391. The Kier molecular flexibility index (Phi) is 10.2. The molecule has 7 nitrogen and oxygen atoms in total. The predicted molar refractivity (Wildman–Crippen MR) is 128 cm³/mol. The van der Waals surface area contributed by atoms with Crippen LogP contribution in [0.25, 0.3) is 0 Å². The van der Waals surface area contributed by atoms with Crippen molar-refractivity contribution in [3.8, 4) is 0 Å². The van der Waals surface area contributed by atoms with Gasteiger partial charge in [0.25, 0.3) is 0 Å². The number of sulfone groups is 1. The van der Waals surface area contributed by atoms with Gasteiger partial charge in [0.15, 0.2) is 15.8 Å². The average Bonchev–Trinajstić information content (AvgIpc) is 2.96. The number of nitrogens with one attached hydrogen (secondary N) is 2. The summed E-state index contributed by atoms with van der Waals surface area (Å²) in [4.78, 5) is 4.51. The van der Waals surface area contributed by atoms with E-state index in [1.54, 1.807) is 0 Å². The van der Waals surface area contributed by atoms with Crippen LogP contribution in [0.1, 0.15) is 47.9 Å². The van der Waals surface area contributed by atoms with Gasteiger partial charge < -0.3 is 15.2 Å². The quantitative estimate of drug-likeness (QED) is 0.296. The predicted octanol–water partition coefficient (Wildman–Crippen LogP) is 3.45. The number of guanidine groups is 1. The van der Waals surface area contributed by atoms with Crippen molar-refractivity contribution in [2.24, 2.45) is 4.99 Å². The van der Waals surface area contributed by atoms with Gasteiger partial charge in [-0.2, -0.15) is 0 Å². The fraction of sp³-hybridized carbons (Fsp3) is 0.500. The van der Waals surface area contributed by atoms with E-state index in [2.05, 4.69) is 27.7 Å². The number of halogens is 2. The molecule has 1 atom stereocenters. The first kappa shape index (κ1) is 26.3. The minimum absolute atomic E-state index is 0. The van der Waals surface area contributed by atoms with Gasteiger partial charge in [-0.3, -0.25) is 0 Å². The highest BCUT2D eigenvalue weighted by molar-refractivity contribution is 14.0. The van der Waals surface area contributed by atoms with Crippen molar-refractivity contribution in [2.75, 3.05) is 19.3 Å². The molecule has 0 aliphatic carbocycles. The molecule has 1 aromatic carbocycles. The third-order valence-electron chi connectivity index (χ3n) is 4.49. The van der Waals surface area contributed by atoms with Gasteiger partial charge in [-0.05, 0) is 44.0 Å². The zero-order valence-corrected chi connectivity index (χ0v) is 21.1. The molecule has 0 bridgehead atoms. The summed E-state index contributed by atoms with van der Waals surface area (Å²) in [5.74, 6) is 0.952. The molecule has 2 N–H and O–H groups in total. The van der Waals surface area contributed by atoms with Gasteiger partial charge in [-0.25, -0.2) is 17.8 Å². The van der Waals surface area contributed by atoms with Gasteiger partial charge in [0, 0.05) is 30.8 Å². The Morgan fingerprint density at radius 2 is 1.97 bits per heavy atom. The highest BCUT2D eigenvalue weighted by Crippen LogP contribution is 2.22. The normalized spacial score (nSPS) is 12.9. The third kappa shape index (κ3) is 7.86. The van der Waals surface area contributed by atoms with Crippen molar-refractivity contribution >= 4 is 39.8 Å². The Hall–Kier alpha value is -1.69. The number of aromatic nitrogens is 1. The monoisotopic (exact) mass is 552 g/mol. The second kappa shape index (κ2) is 11.6. The largest absolute Gasteiger partial charge is 0.361 e. The van der Waals surface area contributed by atoms with Gasteiger partial charge in [0.05, 0.1) is 18.0 Å². The first-order valence-electron chi connectivity index (χ1n) is 9.50. The Morgan fingerprint density at radius 3 is 2.53 bits per heavy atom. The van der Waals surface area contributed by atoms with Gasteiger partial charge in [0.2, 0.25) is 0 Å². The Bertz CT molecular complexity index is 957. The highest BCUT2D eigenvalue weighted by Gasteiger charge is 2.17. The van der Waals surface area contributed by atoms with Crippen LogP contribution in [0.5, 0.6) is 0 Å². The second-order valence-corrected chi connectivity index (χ2v) is 9.34. The molecule has 0 amide bonds. The third-order valence-corrected chi connectivity index (χ3v) is 5.33. The molecule has 0 aliphatic rings. The minimum Gasteiger partial charge on any atom is -0.361 e. The molecule has 0 saturated heterocycles. The topological polar surface area (TPSA) is 96.6 Å². The summed E-state index contributed by atoms with van der Waals surface area (Å²) >= 11 is 0. The molecule has 1 aromatic heterocycles. The maximum absolute atomic E-state index is 13.7. The van der Waals surface area contributed by atoms with Crippen LogP contribution in [0.4, 0.5) is 4.39 Å².